The Morgan fingerprint density at radius 1 is 0.492 bits per heavy atom. The molecule has 1 heterocycles. The Balaban J connectivity index is 1.14. The van der Waals surface area contributed by atoms with Gasteiger partial charge in [-0.3, -0.25) is 0 Å². The standard InChI is InChI=1S/C57H57NO/c1-54(2)26-27-55(3,4)49-34-41(21-23-45(49)54)58(40-20-22-43-42-16-10-11-17-44(42)56(5,6)48(43)33-40)50-25-24-47-53(52(50)37-14-8-7-9-15-37)59-51-19-13-12-18-46(51)57(47)38-29-35-28-36(31-38)32-39(57)30-35/h7-25,33-36,38-39H,26-32H2,1-6H3. The van der Waals surface area contributed by atoms with Gasteiger partial charge < -0.3 is 9.64 Å². The van der Waals surface area contributed by atoms with Crippen LogP contribution in [-0.2, 0) is 21.7 Å². The van der Waals surface area contributed by atoms with E-state index in [-0.39, 0.29) is 21.7 Å². The van der Waals surface area contributed by atoms with E-state index in [9.17, 15) is 0 Å². The Bertz CT molecular complexity index is 2670. The Morgan fingerprint density at radius 3 is 1.80 bits per heavy atom. The van der Waals surface area contributed by atoms with E-state index in [2.05, 4.69) is 174 Å². The first kappa shape index (κ1) is 35.8. The molecule has 4 saturated carbocycles. The lowest BCUT2D eigenvalue weighted by Crippen LogP contribution is -2.57. The maximum atomic E-state index is 7.43. The molecule has 0 N–H and O–H groups in total. The van der Waals surface area contributed by atoms with E-state index in [4.69, 9.17) is 4.74 Å². The summed E-state index contributed by atoms with van der Waals surface area (Å²) in [4.78, 5) is 2.59. The number of anilines is 3. The van der Waals surface area contributed by atoms with Crippen LogP contribution in [0.3, 0.4) is 0 Å². The molecule has 7 aliphatic rings. The zero-order valence-electron chi connectivity index (χ0n) is 35.7. The van der Waals surface area contributed by atoms with Crippen molar-refractivity contribution in [3.05, 3.63) is 161 Å². The fraction of sp³-hybridized carbons (Fsp3) is 0.368. The summed E-state index contributed by atoms with van der Waals surface area (Å²) in [5.74, 6) is 5.15. The number of benzene rings is 6. The summed E-state index contributed by atoms with van der Waals surface area (Å²) < 4.78 is 7.43. The minimum Gasteiger partial charge on any atom is -0.456 e. The van der Waals surface area contributed by atoms with Crippen LogP contribution < -0.4 is 9.64 Å². The van der Waals surface area contributed by atoms with Gasteiger partial charge in [-0.1, -0.05) is 133 Å². The third-order valence-corrected chi connectivity index (χ3v) is 16.8. The lowest BCUT2D eigenvalue weighted by atomic mass is 9.41. The van der Waals surface area contributed by atoms with E-state index in [0.717, 1.165) is 23.3 Å². The van der Waals surface area contributed by atoms with Gasteiger partial charge in [0, 0.05) is 38.9 Å². The predicted molar refractivity (Wildman–Crippen MR) is 244 cm³/mol. The molecule has 4 fully saturated rings. The summed E-state index contributed by atoms with van der Waals surface area (Å²) in [5, 5.41) is 0. The minimum atomic E-state index is -0.119. The summed E-state index contributed by atoms with van der Waals surface area (Å²) in [5.41, 5.74) is 17.3. The maximum absolute atomic E-state index is 7.43. The molecule has 0 unspecified atom stereocenters. The molecule has 2 heteroatoms. The molecule has 59 heavy (non-hydrogen) atoms. The molecule has 0 amide bonds. The van der Waals surface area contributed by atoms with Gasteiger partial charge in [0.15, 0.2) is 0 Å². The molecule has 13 rings (SSSR count). The van der Waals surface area contributed by atoms with Gasteiger partial charge >= 0.3 is 0 Å². The van der Waals surface area contributed by atoms with Crippen LogP contribution in [0.5, 0.6) is 11.5 Å². The topological polar surface area (TPSA) is 12.5 Å². The van der Waals surface area contributed by atoms with Gasteiger partial charge in [0.1, 0.15) is 11.5 Å². The average Bonchev–Trinajstić information content (AvgIpc) is 3.46. The highest BCUT2D eigenvalue weighted by atomic mass is 16.5. The maximum Gasteiger partial charge on any atom is 0.141 e. The second-order valence-electron chi connectivity index (χ2n) is 21.2. The van der Waals surface area contributed by atoms with Gasteiger partial charge in [-0.05, 0) is 155 Å². The fourth-order valence-corrected chi connectivity index (χ4v) is 14.0. The number of para-hydroxylation sites is 1. The Labute approximate surface area is 351 Å². The third-order valence-electron chi connectivity index (χ3n) is 16.8. The smallest absolute Gasteiger partial charge is 0.141 e. The summed E-state index contributed by atoms with van der Waals surface area (Å²) in [7, 11) is 0. The Morgan fingerprint density at radius 2 is 1.07 bits per heavy atom. The molecule has 4 bridgehead atoms. The highest BCUT2D eigenvalue weighted by Crippen LogP contribution is 2.70. The molecule has 1 aliphatic heterocycles. The monoisotopic (exact) mass is 771 g/mol. The number of hydrogen-bond donors (Lipinski definition) is 0. The fourth-order valence-electron chi connectivity index (χ4n) is 14.0. The summed E-state index contributed by atoms with van der Waals surface area (Å²) in [6.07, 6.45) is 9.16. The van der Waals surface area contributed by atoms with Crippen molar-refractivity contribution in [3.63, 3.8) is 0 Å². The minimum absolute atomic E-state index is 0.0325. The van der Waals surface area contributed by atoms with E-state index in [1.54, 1.807) is 0 Å². The van der Waals surface area contributed by atoms with E-state index in [0.29, 0.717) is 11.8 Å². The van der Waals surface area contributed by atoms with E-state index in [1.807, 2.05) is 0 Å². The van der Waals surface area contributed by atoms with Crippen LogP contribution in [0.25, 0.3) is 22.3 Å². The molecular weight excluding hydrogens is 715 g/mol. The molecule has 0 atom stereocenters. The SMILES string of the molecule is CC1(C)CCC(C)(C)c2cc(N(c3ccc4c(c3)C(C)(C)c3ccccc3-4)c3ccc4c(c3-c3ccccc3)Oc3ccccc3C43C4CC5CC(C4)CC3C5)ccc21. The molecular formula is C57H57NO. The molecule has 6 aliphatic carbocycles. The lowest BCUT2D eigenvalue weighted by Gasteiger charge is -2.63. The van der Waals surface area contributed by atoms with Crippen molar-refractivity contribution in [2.24, 2.45) is 23.7 Å². The second kappa shape index (κ2) is 12.2. The van der Waals surface area contributed by atoms with E-state index >= 15 is 0 Å². The summed E-state index contributed by atoms with van der Waals surface area (Å²) in [6, 6.07) is 49.1. The molecule has 1 spiro atoms. The third kappa shape index (κ3) is 4.92. The van der Waals surface area contributed by atoms with Crippen LogP contribution in [-0.4, -0.2) is 0 Å². The van der Waals surface area contributed by atoms with Crippen LogP contribution in [0, 0.1) is 23.7 Å². The number of nitrogens with zero attached hydrogens (tertiary/aromatic N) is 1. The van der Waals surface area contributed by atoms with Crippen LogP contribution in [0.2, 0.25) is 0 Å². The molecule has 6 aromatic carbocycles. The summed E-state index contributed by atoms with van der Waals surface area (Å²) in [6.45, 7) is 14.6. The number of rotatable bonds is 4. The lowest BCUT2D eigenvalue weighted by molar-refractivity contribution is -0.0451. The molecule has 6 aromatic rings. The molecule has 2 nitrogen and oxygen atoms in total. The first-order chi connectivity index (χ1) is 28.4. The van der Waals surface area contributed by atoms with Gasteiger partial charge in [0.2, 0.25) is 0 Å². The van der Waals surface area contributed by atoms with E-state index < -0.39 is 0 Å². The van der Waals surface area contributed by atoms with Gasteiger partial charge in [-0.2, -0.15) is 0 Å². The predicted octanol–water partition coefficient (Wildman–Crippen LogP) is 15.3. The normalized spacial score (nSPS) is 26.6. The first-order valence-electron chi connectivity index (χ1n) is 22.6. The Hall–Kier alpha value is -5.08. The van der Waals surface area contributed by atoms with Crippen LogP contribution in [0.4, 0.5) is 17.1 Å². The van der Waals surface area contributed by atoms with Gasteiger partial charge in [0.25, 0.3) is 0 Å². The van der Waals surface area contributed by atoms with Crippen LogP contribution >= 0.6 is 0 Å². The molecule has 0 saturated heterocycles. The highest BCUT2D eigenvalue weighted by molar-refractivity contribution is 5.94. The largest absolute Gasteiger partial charge is 0.456 e. The van der Waals surface area contributed by atoms with Crippen LogP contribution in [0.1, 0.15) is 120 Å². The Kier molecular flexibility index (Phi) is 7.44. The van der Waals surface area contributed by atoms with Crippen molar-refractivity contribution in [2.45, 2.75) is 108 Å². The van der Waals surface area contributed by atoms with E-state index in [1.165, 1.54) is 118 Å². The number of fused-ring (bicyclic) bond motifs is 6. The molecule has 296 valence electrons. The molecule has 0 aromatic heterocycles. The second-order valence-corrected chi connectivity index (χ2v) is 21.2. The van der Waals surface area contributed by atoms with Gasteiger partial charge in [-0.25, -0.2) is 0 Å². The zero-order chi connectivity index (χ0) is 40.1. The van der Waals surface area contributed by atoms with Crippen molar-refractivity contribution in [1.82, 2.24) is 0 Å². The quantitative estimate of drug-likeness (QED) is 0.177. The first-order valence-corrected chi connectivity index (χ1v) is 22.6. The number of hydrogen-bond acceptors (Lipinski definition) is 2. The van der Waals surface area contributed by atoms with Crippen molar-refractivity contribution in [3.8, 4) is 33.8 Å². The number of ether oxygens (including phenoxy) is 1. The van der Waals surface area contributed by atoms with Crippen molar-refractivity contribution in [2.75, 3.05) is 4.90 Å². The molecule has 0 radical (unpaired) electrons. The zero-order valence-corrected chi connectivity index (χ0v) is 35.7. The summed E-state index contributed by atoms with van der Waals surface area (Å²) >= 11 is 0. The van der Waals surface area contributed by atoms with Crippen molar-refractivity contribution >= 4 is 17.1 Å². The van der Waals surface area contributed by atoms with Crippen LogP contribution in [0.15, 0.2) is 127 Å². The van der Waals surface area contributed by atoms with Gasteiger partial charge in [0.05, 0.1) is 5.69 Å². The highest BCUT2D eigenvalue weighted by Gasteiger charge is 2.61. The average molecular weight is 772 g/mol. The van der Waals surface area contributed by atoms with Crippen molar-refractivity contribution < 1.29 is 4.74 Å². The van der Waals surface area contributed by atoms with Crippen molar-refractivity contribution in [1.29, 1.82) is 0 Å². The van der Waals surface area contributed by atoms with Gasteiger partial charge in [-0.15, -0.1) is 0 Å².